The highest BCUT2D eigenvalue weighted by Gasteiger charge is 2.27. The van der Waals surface area contributed by atoms with Crippen LogP contribution < -0.4 is 0 Å². The van der Waals surface area contributed by atoms with Gasteiger partial charge in [-0.05, 0) is 17.5 Å². The molecular weight excluding hydrogens is 162 g/mol. The normalized spacial score (nSPS) is 14.2. The third kappa shape index (κ3) is 2.20. The lowest BCUT2D eigenvalue weighted by Crippen LogP contribution is -2.26. The Morgan fingerprint density at radius 1 is 1.46 bits per heavy atom. The fourth-order valence-electron chi connectivity index (χ4n) is 1.11. The van der Waals surface area contributed by atoms with Gasteiger partial charge in [-0.15, -0.1) is 0 Å². The van der Waals surface area contributed by atoms with Crippen LogP contribution in [0, 0.1) is 11.3 Å². The monoisotopic (exact) mass is 179 g/mol. The molecule has 13 heavy (non-hydrogen) atoms. The molecule has 0 saturated carbocycles. The number of hydrogen-bond donors (Lipinski definition) is 1. The summed E-state index contributed by atoms with van der Waals surface area (Å²) in [6.45, 7) is 8.22. The molecule has 1 unspecified atom stereocenters. The summed E-state index contributed by atoms with van der Waals surface area (Å²) in [4.78, 5) is 14.8. The van der Waals surface area contributed by atoms with Crippen molar-refractivity contribution in [2.24, 2.45) is 11.3 Å². The standard InChI is InChI=1S/C11H17NO/c1-8(11(2,3)4)10(13)9-6-5-7-12-9/h5-8,12H,1-4H3. The molecule has 1 rings (SSSR count). The van der Waals surface area contributed by atoms with Gasteiger partial charge in [0.2, 0.25) is 0 Å². The van der Waals surface area contributed by atoms with Crippen LogP contribution in [-0.2, 0) is 0 Å². The van der Waals surface area contributed by atoms with E-state index in [1.54, 1.807) is 6.20 Å². The van der Waals surface area contributed by atoms with E-state index in [-0.39, 0.29) is 17.1 Å². The van der Waals surface area contributed by atoms with Gasteiger partial charge in [-0.25, -0.2) is 0 Å². The van der Waals surface area contributed by atoms with Crippen LogP contribution in [0.2, 0.25) is 0 Å². The average molecular weight is 179 g/mol. The summed E-state index contributed by atoms with van der Waals surface area (Å²) < 4.78 is 0. The van der Waals surface area contributed by atoms with Gasteiger partial charge < -0.3 is 4.98 Å². The van der Waals surface area contributed by atoms with E-state index in [2.05, 4.69) is 25.8 Å². The van der Waals surface area contributed by atoms with Crippen LogP contribution in [0.1, 0.15) is 38.2 Å². The topological polar surface area (TPSA) is 32.9 Å². The van der Waals surface area contributed by atoms with E-state index in [1.807, 2.05) is 19.1 Å². The van der Waals surface area contributed by atoms with Gasteiger partial charge in [-0.3, -0.25) is 4.79 Å². The van der Waals surface area contributed by atoms with Gasteiger partial charge in [0.1, 0.15) is 0 Å². The number of ketones is 1. The van der Waals surface area contributed by atoms with Crippen molar-refractivity contribution in [1.29, 1.82) is 0 Å². The Kier molecular flexibility index (Phi) is 2.60. The minimum atomic E-state index is 0.0300. The van der Waals surface area contributed by atoms with E-state index < -0.39 is 0 Å². The number of aromatic nitrogens is 1. The molecule has 0 saturated heterocycles. The van der Waals surface area contributed by atoms with E-state index >= 15 is 0 Å². The molecule has 1 N–H and O–H groups in total. The number of Topliss-reactive ketones (excluding diaryl/α,β-unsaturated/α-hetero) is 1. The van der Waals surface area contributed by atoms with E-state index in [0.29, 0.717) is 5.69 Å². The van der Waals surface area contributed by atoms with E-state index in [0.717, 1.165) is 0 Å². The molecule has 1 aromatic rings. The minimum absolute atomic E-state index is 0.0300. The number of carbonyl (C=O) groups excluding carboxylic acids is 1. The van der Waals surface area contributed by atoms with Crippen molar-refractivity contribution >= 4 is 5.78 Å². The van der Waals surface area contributed by atoms with Gasteiger partial charge in [-0.2, -0.15) is 0 Å². The second-order valence-electron chi connectivity index (χ2n) is 4.54. The lowest BCUT2D eigenvalue weighted by molar-refractivity contribution is 0.0835. The van der Waals surface area contributed by atoms with E-state index in [1.165, 1.54) is 0 Å². The van der Waals surface area contributed by atoms with Gasteiger partial charge in [0.05, 0.1) is 5.69 Å². The highest BCUT2D eigenvalue weighted by atomic mass is 16.1. The fourth-order valence-corrected chi connectivity index (χ4v) is 1.11. The maximum atomic E-state index is 11.8. The third-order valence-electron chi connectivity index (χ3n) is 2.56. The van der Waals surface area contributed by atoms with Crippen LogP contribution in [-0.4, -0.2) is 10.8 Å². The zero-order chi connectivity index (χ0) is 10.1. The van der Waals surface area contributed by atoms with Gasteiger partial charge in [0.25, 0.3) is 0 Å². The Morgan fingerprint density at radius 2 is 2.08 bits per heavy atom. The first-order valence-corrected chi connectivity index (χ1v) is 4.60. The van der Waals surface area contributed by atoms with E-state index in [9.17, 15) is 4.79 Å². The molecule has 72 valence electrons. The van der Waals surface area contributed by atoms with Gasteiger partial charge in [0.15, 0.2) is 5.78 Å². The molecule has 2 nitrogen and oxygen atoms in total. The van der Waals surface area contributed by atoms with Crippen LogP contribution >= 0.6 is 0 Å². The molecule has 0 fully saturated rings. The van der Waals surface area contributed by atoms with Crippen LogP contribution in [0.5, 0.6) is 0 Å². The highest BCUT2D eigenvalue weighted by Crippen LogP contribution is 2.27. The molecular formula is C11H17NO. The fraction of sp³-hybridized carbons (Fsp3) is 0.545. The Labute approximate surface area is 79.4 Å². The van der Waals surface area contributed by atoms with Gasteiger partial charge in [-0.1, -0.05) is 27.7 Å². The summed E-state index contributed by atoms with van der Waals surface area (Å²) in [6, 6.07) is 3.67. The molecule has 2 heteroatoms. The Balaban J connectivity index is 2.81. The maximum Gasteiger partial charge on any atom is 0.182 e. The zero-order valence-corrected chi connectivity index (χ0v) is 8.72. The number of rotatable bonds is 2. The second-order valence-corrected chi connectivity index (χ2v) is 4.54. The van der Waals surface area contributed by atoms with Crippen molar-refractivity contribution in [3.05, 3.63) is 24.0 Å². The third-order valence-corrected chi connectivity index (χ3v) is 2.56. The summed E-state index contributed by atoms with van der Waals surface area (Å²) >= 11 is 0. The van der Waals surface area contributed by atoms with Crippen molar-refractivity contribution in [3.8, 4) is 0 Å². The second kappa shape index (κ2) is 3.36. The number of hydrogen-bond acceptors (Lipinski definition) is 1. The van der Waals surface area contributed by atoms with Crippen molar-refractivity contribution in [2.75, 3.05) is 0 Å². The predicted molar refractivity (Wildman–Crippen MR) is 53.7 cm³/mol. The summed E-state index contributed by atoms with van der Waals surface area (Å²) in [5.74, 6) is 0.239. The molecule has 0 aliphatic rings. The number of H-pyrrole nitrogens is 1. The zero-order valence-electron chi connectivity index (χ0n) is 8.72. The Bertz CT molecular complexity index is 280. The maximum absolute atomic E-state index is 11.8. The van der Waals surface area contributed by atoms with Crippen LogP contribution in [0.15, 0.2) is 18.3 Å². The molecule has 0 radical (unpaired) electrons. The summed E-state index contributed by atoms with van der Waals surface area (Å²) in [5, 5.41) is 0. The molecule has 0 bridgehead atoms. The summed E-state index contributed by atoms with van der Waals surface area (Å²) in [5.41, 5.74) is 0.741. The lowest BCUT2D eigenvalue weighted by atomic mass is 9.79. The first kappa shape index (κ1) is 10.0. The first-order chi connectivity index (χ1) is 5.93. The molecule has 1 aromatic heterocycles. The van der Waals surface area contributed by atoms with Gasteiger partial charge in [0, 0.05) is 12.1 Å². The average Bonchev–Trinajstić information content (AvgIpc) is 2.51. The molecule has 0 spiro atoms. The SMILES string of the molecule is CC(C(=O)c1ccc[nH]1)C(C)(C)C. The number of nitrogens with one attached hydrogen (secondary N) is 1. The van der Waals surface area contributed by atoms with Crippen LogP contribution in [0.3, 0.4) is 0 Å². The molecule has 1 atom stereocenters. The Hall–Kier alpha value is -1.05. The Morgan fingerprint density at radius 3 is 2.46 bits per heavy atom. The van der Waals surface area contributed by atoms with Crippen molar-refractivity contribution < 1.29 is 4.79 Å². The van der Waals surface area contributed by atoms with Crippen LogP contribution in [0.25, 0.3) is 0 Å². The highest BCUT2D eigenvalue weighted by molar-refractivity contribution is 5.96. The predicted octanol–water partition coefficient (Wildman–Crippen LogP) is 2.88. The van der Waals surface area contributed by atoms with Crippen molar-refractivity contribution in [3.63, 3.8) is 0 Å². The summed E-state index contributed by atoms with van der Waals surface area (Å²) in [6.07, 6.45) is 1.78. The van der Waals surface area contributed by atoms with Crippen molar-refractivity contribution in [2.45, 2.75) is 27.7 Å². The number of carbonyl (C=O) groups is 1. The van der Waals surface area contributed by atoms with Gasteiger partial charge >= 0.3 is 0 Å². The molecule has 1 heterocycles. The molecule has 0 amide bonds. The lowest BCUT2D eigenvalue weighted by Gasteiger charge is -2.25. The first-order valence-electron chi connectivity index (χ1n) is 4.60. The van der Waals surface area contributed by atoms with Crippen LogP contribution in [0.4, 0.5) is 0 Å². The van der Waals surface area contributed by atoms with Crippen molar-refractivity contribution in [1.82, 2.24) is 4.98 Å². The molecule has 0 aromatic carbocycles. The smallest absolute Gasteiger partial charge is 0.182 e. The largest absolute Gasteiger partial charge is 0.359 e. The minimum Gasteiger partial charge on any atom is -0.359 e. The van der Waals surface area contributed by atoms with E-state index in [4.69, 9.17) is 0 Å². The summed E-state index contributed by atoms with van der Waals surface area (Å²) in [7, 11) is 0. The molecule has 0 aliphatic heterocycles. The number of aromatic amines is 1. The molecule has 0 aliphatic carbocycles. The quantitative estimate of drug-likeness (QED) is 0.696.